The van der Waals surface area contributed by atoms with Gasteiger partial charge in [-0.2, -0.15) is 0 Å². The first kappa shape index (κ1) is 14.0. The van der Waals surface area contributed by atoms with Crippen molar-refractivity contribution in [2.45, 2.75) is 26.7 Å². The van der Waals surface area contributed by atoms with Crippen LogP contribution in [0.15, 0.2) is 16.9 Å². The first-order valence-electron chi connectivity index (χ1n) is 6.00. The molecule has 0 radical (unpaired) electrons. The fourth-order valence-corrected chi connectivity index (χ4v) is 2.40. The van der Waals surface area contributed by atoms with E-state index in [-0.39, 0.29) is 15.9 Å². The predicted octanol–water partition coefficient (Wildman–Crippen LogP) is 3.26. The van der Waals surface area contributed by atoms with Crippen molar-refractivity contribution in [2.75, 3.05) is 0 Å². The number of rotatable bonds is 3. The maximum atomic E-state index is 12.0. The molecule has 6 heteroatoms. The number of aromatic amines is 1. The summed E-state index contributed by atoms with van der Waals surface area (Å²) >= 11 is 11.7. The molecule has 0 fully saturated rings. The zero-order valence-corrected chi connectivity index (χ0v) is 12.1. The normalized spacial score (nSPS) is 10.7. The van der Waals surface area contributed by atoms with Gasteiger partial charge in [-0.3, -0.25) is 4.79 Å². The fourth-order valence-electron chi connectivity index (χ4n) is 1.94. The summed E-state index contributed by atoms with van der Waals surface area (Å²) in [5.41, 5.74) is 2.05. The summed E-state index contributed by atoms with van der Waals surface area (Å²) in [5, 5.41) is 0.533. The molecule has 0 bridgehead atoms. The van der Waals surface area contributed by atoms with E-state index in [1.807, 2.05) is 13.8 Å². The van der Waals surface area contributed by atoms with Gasteiger partial charge in [0, 0.05) is 11.1 Å². The molecule has 100 valence electrons. The van der Waals surface area contributed by atoms with E-state index in [0.717, 1.165) is 11.3 Å². The molecule has 1 N–H and O–H groups in total. The second kappa shape index (κ2) is 5.72. The molecule has 2 aromatic rings. The van der Waals surface area contributed by atoms with Crippen molar-refractivity contribution in [3.05, 3.63) is 44.1 Å². The Kier molecular flexibility index (Phi) is 4.22. The SMILES string of the molecule is CCc1nc(-c2cc(Cl)nc(Cl)c2)[nH]c(=O)c1CC. The molecular formula is C13H13Cl2N3O. The summed E-state index contributed by atoms with van der Waals surface area (Å²) in [6.45, 7) is 3.91. The van der Waals surface area contributed by atoms with E-state index in [4.69, 9.17) is 23.2 Å². The molecule has 0 aliphatic rings. The number of halogens is 2. The molecule has 0 unspecified atom stereocenters. The number of H-pyrrole nitrogens is 1. The van der Waals surface area contributed by atoms with Crippen molar-refractivity contribution in [3.8, 4) is 11.4 Å². The molecule has 0 aliphatic carbocycles. The Morgan fingerprint density at radius 2 is 1.74 bits per heavy atom. The van der Waals surface area contributed by atoms with Gasteiger partial charge >= 0.3 is 0 Å². The van der Waals surface area contributed by atoms with Gasteiger partial charge < -0.3 is 4.98 Å². The average molecular weight is 298 g/mol. The highest BCUT2D eigenvalue weighted by molar-refractivity contribution is 6.32. The van der Waals surface area contributed by atoms with Crippen molar-refractivity contribution < 1.29 is 0 Å². The molecule has 0 spiro atoms. The van der Waals surface area contributed by atoms with Crippen molar-refractivity contribution in [2.24, 2.45) is 0 Å². The molecule has 4 nitrogen and oxygen atoms in total. The number of aromatic nitrogens is 3. The zero-order chi connectivity index (χ0) is 14.0. The number of nitrogens with one attached hydrogen (secondary N) is 1. The lowest BCUT2D eigenvalue weighted by atomic mass is 10.1. The van der Waals surface area contributed by atoms with Crippen molar-refractivity contribution in [3.63, 3.8) is 0 Å². The summed E-state index contributed by atoms with van der Waals surface area (Å²) in [4.78, 5) is 23.1. The Hall–Kier alpha value is -1.39. The van der Waals surface area contributed by atoms with Gasteiger partial charge in [0.25, 0.3) is 5.56 Å². The zero-order valence-electron chi connectivity index (χ0n) is 10.6. The summed E-state index contributed by atoms with van der Waals surface area (Å²) in [7, 11) is 0. The van der Waals surface area contributed by atoms with Crippen molar-refractivity contribution in [1.82, 2.24) is 15.0 Å². The van der Waals surface area contributed by atoms with Gasteiger partial charge in [0.15, 0.2) is 0 Å². The standard InChI is InChI=1S/C13H13Cl2N3O/c1-3-8-9(4-2)16-12(18-13(8)19)7-5-10(14)17-11(15)6-7/h5-6H,3-4H2,1-2H3,(H,16,18,19). The summed E-state index contributed by atoms with van der Waals surface area (Å²) in [6, 6.07) is 3.24. The molecule has 0 atom stereocenters. The van der Waals surface area contributed by atoms with E-state index in [0.29, 0.717) is 24.2 Å². The van der Waals surface area contributed by atoms with E-state index in [1.165, 1.54) is 0 Å². The molecule has 0 aliphatic heterocycles. The third-order valence-electron chi connectivity index (χ3n) is 2.83. The van der Waals surface area contributed by atoms with Crippen LogP contribution in [0.5, 0.6) is 0 Å². The summed E-state index contributed by atoms with van der Waals surface area (Å²) in [5.74, 6) is 0.463. The number of nitrogens with zero attached hydrogens (tertiary/aromatic N) is 2. The van der Waals surface area contributed by atoms with Crippen LogP contribution in [0.25, 0.3) is 11.4 Å². The fraction of sp³-hybridized carbons (Fsp3) is 0.308. The lowest BCUT2D eigenvalue weighted by Gasteiger charge is -2.08. The van der Waals surface area contributed by atoms with Crippen molar-refractivity contribution in [1.29, 1.82) is 0 Å². The van der Waals surface area contributed by atoms with Crippen LogP contribution in [-0.4, -0.2) is 15.0 Å². The van der Waals surface area contributed by atoms with E-state index in [9.17, 15) is 4.79 Å². The molecule has 0 saturated carbocycles. The highest BCUT2D eigenvalue weighted by Gasteiger charge is 2.11. The van der Waals surface area contributed by atoms with E-state index < -0.39 is 0 Å². The first-order valence-corrected chi connectivity index (χ1v) is 6.76. The van der Waals surface area contributed by atoms with E-state index in [1.54, 1.807) is 12.1 Å². The van der Waals surface area contributed by atoms with Crippen LogP contribution in [0.1, 0.15) is 25.1 Å². The molecule has 2 heterocycles. The second-order valence-electron chi connectivity index (χ2n) is 4.05. The summed E-state index contributed by atoms with van der Waals surface area (Å²) < 4.78 is 0. The minimum Gasteiger partial charge on any atom is -0.306 e. The topological polar surface area (TPSA) is 58.6 Å². The van der Waals surface area contributed by atoms with Crippen LogP contribution in [0, 0.1) is 0 Å². The molecule has 0 aromatic carbocycles. The Balaban J connectivity index is 2.63. The maximum absolute atomic E-state index is 12.0. The van der Waals surface area contributed by atoms with Crippen LogP contribution in [0.3, 0.4) is 0 Å². The van der Waals surface area contributed by atoms with Crippen LogP contribution in [0.2, 0.25) is 10.3 Å². The smallest absolute Gasteiger partial charge is 0.254 e. The van der Waals surface area contributed by atoms with Gasteiger partial charge in [-0.25, -0.2) is 9.97 Å². The third kappa shape index (κ3) is 2.96. The number of pyridine rings is 1. The highest BCUT2D eigenvalue weighted by atomic mass is 35.5. The minimum absolute atomic E-state index is 0.117. The maximum Gasteiger partial charge on any atom is 0.254 e. The minimum atomic E-state index is -0.117. The Morgan fingerprint density at radius 1 is 1.11 bits per heavy atom. The van der Waals surface area contributed by atoms with Gasteiger partial charge in [-0.1, -0.05) is 37.0 Å². The lowest BCUT2D eigenvalue weighted by Crippen LogP contribution is -2.18. The summed E-state index contributed by atoms with van der Waals surface area (Å²) in [6.07, 6.45) is 1.36. The number of hydrogen-bond acceptors (Lipinski definition) is 3. The Labute approximate surface area is 120 Å². The molecule has 2 rings (SSSR count). The largest absolute Gasteiger partial charge is 0.306 e. The van der Waals surface area contributed by atoms with Crippen LogP contribution in [0.4, 0.5) is 0 Å². The van der Waals surface area contributed by atoms with Crippen LogP contribution >= 0.6 is 23.2 Å². The Morgan fingerprint density at radius 3 is 2.26 bits per heavy atom. The molecule has 2 aromatic heterocycles. The van der Waals surface area contributed by atoms with Crippen LogP contribution < -0.4 is 5.56 Å². The first-order chi connectivity index (χ1) is 9.05. The molecular weight excluding hydrogens is 285 g/mol. The van der Waals surface area contributed by atoms with Gasteiger partial charge in [0.2, 0.25) is 0 Å². The molecule has 0 saturated heterocycles. The van der Waals surface area contributed by atoms with Gasteiger partial charge in [0.1, 0.15) is 16.1 Å². The van der Waals surface area contributed by atoms with Crippen molar-refractivity contribution >= 4 is 23.2 Å². The monoisotopic (exact) mass is 297 g/mol. The van der Waals surface area contributed by atoms with Gasteiger partial charge in [0.05, 0.1) is 5.69 Å². The lowest BCUT2D eigenvalue weighted by molar-refractivity contribution is 0.913. The number of aryl methyl sites for hydroxylation is 1. The highest BCUT2D eigenvalue weighted by Crippen LogP contribution is 2.22. The average Bonchev–Trinajstić information content (AvgIpc) is 2.36. The predicted molar refractivity (Wildman–Crippen MR) is 76.9 cm³/mol. The van der Waals surface area contributed by atoms with Crippen LogP contribution in [-0.2, 0) is 12.8 Å². The van der Waals surface area contributed by atoms with E-state index >= 15 is 0 Å². The van der Waals surface area contributed by atoms with E-state index in [2.05, 4.69) is 15.0 Å². The Bertz CT molecular complexity index is 647. The quantitative estimate of drug-likeness (QED) is 0.885. The molecule has 0 amide bonds. The molecule has 19 heavy (non-hydrogen) atoms. The van der Waals surface area contributed by atoms with Gasteiger partial charge in [-0.15, -0.1) is 0 Å². The van der Waals surface area contributed by atoms with Gasteiger partial charge in [-0.05, 0) is 25.0 Å². The number of hydrogen-bond donors (Lipinski definition) is 1. The third-order valence-corrected chi connectivity index (χ3v) is 3.21. The second-order valence-corrected chi connectivity index (χ2v) is 4.82.